The molecule has 0 spiro atoms. The van der Waals surface area contributed by atoms with Gasteiger partial charge in [-0.25, -0.2) is 8.78 Å². The highest BCUT2D eigenvalue weighted by molar-refractivity contribution is 5.21. The summed E-state index contributed by atoms with van der Waals surface area (Å²) in [6.45, 7) is 6.22. The minimum Gasteiger partial charge on any atom is -0.314 e. The van der Waals surface area contributed by atoms with Crippen LogP contribution in [0, 0.1) is 11.6 Å². The third kappa shape index (κ3) is 3.12. The van der Waals surface area contributed by atoms with E-state index in [1.165, 1.54) is 12.1 Å². The van der Waals surface area contributed by atoms with E-state index in [4.69, 9.17) is 0 Å². The topological polar surface area (TPSA) is 15.3 Å². The van der Waals surface area contributed by atoms with Crippen molar-refractivity contribution in [1.82, 2.24) is 10.2 Å². The molecule has 1 unspecified atom stereocenters. The summed E-state index contributed by atoms with van der Waals surface area (Å²) in [5.74, 6) is -1.54. The Labute approximate surface area is 113 Å². The number of nitrogens with one attached hydrogen (secondary N) is 1. The van der Waals surface area contributed by atoms with Gasteiger partial charge >= 0.3 is 0 Å². The molecule has 1 fully saturated rings. The van der Waals surface area contributed by atoms with Crippen molar-refractivity contribution in [2.24, 2.45) is 0 Å². The Balaban J connectivity index is 2.05. The molecule has 2 nitrogen and oxygen atoms in total. The summed E-state index contributed by atoms with van der Waals surface area (Å²) in [4.78, 5) is 2.33. The van der Waals surface area contributed by atoms with Crippen LogP contribution in [0.25, 0.3) is 0 Å². The van der Waals surface area contributed by atoms with Gasteiger partial charge in [-0.2, -0.15) is 0 Å². The van der Waals surface area contributed by atoms with Crippen LogP contribution in [-0.2, 0) is 0 Å². The number of likely N-dealkylation sites (tertiary alicyclic amines) is 1. The van der Waals surface area contributed by atoms with Crippen molar-refractivity contribution >= 4 is 0 Å². The first-order valence-electron chi connectivity index (χ1n) is 6.83. The molecule has 2 rings (SSSR count). The molecule has 0 aromatic heterocycles. The third-order valence-electron chi connectivity index (χ3n) is 4.48. The van der Waals surface area contributed by atoms with Crippen molar-refractivity contribution in [2.75, 3.05) is 20.1 Å². The molecule has 0 bridgehead atoms. The minimum absolute atomic E-state index is 0.122. The Bertz CT molecular complexity index is 440. The zero-order chi connectivity index (χ0) is 14.0. The van der Waals surface area contributed by atoms with Gasteiger partial charge in [-0.15, -0.1) is 0 Å². The number of benzene rings is 1. The quantitative estimate of drug-likeness (QED) is 0.906. The van der Waals surface area contributed by atoms with Crippen LogP contribution in [0.5, 0.6) is 0 Å². The van der Waals surface area contributed by atoms with Crippen molar-refractivity contribution in [2.45, 2.75) is 38.3 Å². The largest absolute Gasteiger partial charge is 0.314 e. The molecule has 1 saturated heterocycles. The first kappa shape index (κ1) is 14.4. The lowest BCUT2D eigenvalue weighted by atomic mass is 9.88. The Morgan fingerprint density at radius 3 is 2.37 bits per heavy atom. The summed E-state index contributed by atoms with van der Waals surface area (Å²) in [5, 5.41) is 3.36. The van der Waals surface area contributed by atoms with E-state index in [2.05, 4.69) is 24.1 Å². The van der Waals surface area contributed by atoms with Gasteiger partial charge in [0.05, 0.1) is 0 Å². The zero-order valence-corrected chi connectivity index (χ0v) is 11.8. The van der Waals surface area contributed by atoms with Crippen LogP contribution in [0.15, 0.2) is 18.2 Å². The average molecular weight is 268 g/mol. The highest BCUT2D eigenvalue weighted by atomic mass is 19.2. The summed E-state index contributed by atoms with van der Waals surface area (Å²) < 4.78 is 26.2. The maximum Gasteiger partial charge on any atom is 0.159 e. The molecule has 0 saturated carbocycles. The molecule has 1 aromatic carbocycles. The van der Waals surface area contributed by atoms with E-state index in [-0.39, 0.29) is 11.6 Å². The number of rotatable bonds is 3. The van der Waals surface area contributed by atoms with Crippen LogP contribution < -0.4 is 5.32 Å². The predicted octanol–water partition coefficient (Wildman–Crippen LogP) is 3.10. The first-order chi connectivity index (χ1) is 8.95. The fourth-order valence-electron chi connectivity index (χ4n) is 2.64. The van der Waals surface area contributed by atoms with Crippen molar-refractivity contribution in [3.63, 3.8) is 0 Å². The fraction of sp³-hybridized carbons (Fsp3) is 0.600. The van der Waals surface area contributed by atoms with Crippen LogP contribution in [0.1, 0.15) is 38.3 Å². The van der Waals surface area contributed by atoms with Gasteiger partial charge < -0.3 is 5.32 Å². The second-order valence-corrected chi connectivity index (χ2v) is 5.70. The highest BCUT2D eigenvalue weighted by Crippen LogP contribution is 2.28. The monoisotopic (exact) mass is 268 g/mol. The Morgan fingerprint density at radius 1 is 1.21 bits per heavy atom. The SMILES string of the molecule is CNC1(C)CCN(C(C)c2ccc(F)c(F)c2)CC1. The normalized spacial score (nSPS) is 21.3. The molecule has 1 aliphatic rings. The summed E-state index contributed by atoms with van der Waals surface area (Å²) >= 11 is 0. The lowest BCUT2D eigenvalue weighted by molar-refractivity contribution is 0.117. The number of hydrogen-bond acceptors (Lipinski definition) is 2. The molecule has 0 amide bonds. The average Bonchev–Trinajstić information content (AvgIpc) is 2.42. The first-order valence-corrected chi connectivity index (χ1v) is 6.83. The van der Waals surface area contributed by atoms with Crippen LogP contribution in [0.4, 0.5) is 8.78 Å². The van der Waals surface area contributed by atoms with Gasteiger partial charge in [-0.1, -0.05) is 6.07 Å². The number of piperidine rings is 1. The summed E-state index contributed by atoms with van der Waals surface area (Å²) in [7, 11) is 1.99. The Kier molecular flexibility index (Phi) is 4.21. The maximum atomic E-state index is 13.3. The van der Waals surface area contributed by atoms with Gasteiger partial charge in [-0.3, -0.25) is 4.90 Å². The fourth-order valence-corrected chi connectivity index (χ4v) is 2.64. The molecule has 1 aromatic rings. The van der Waals surface area contributed by atoms with Crippen LogP contribution in [-0.4, -0.2) is 30.6 Å². The molecule has 19 heavy (non-hydrogen) atoms. The number of hydrogen-bond donors (Lipinski definition) is 1. The van der Waals surface area contributed by atoms with E-state index in [1.54, 1.807) is 6.07 Å². The number of halogens is 2. The van der Waals surface area contributed by atoms with Gasteiger partial charge in [0, 0.05) is 24.7 Å². The Hall–Kier alpha value is -1.00. The summed E-state index contributed by atoms with van der Waals surface area (Å²) in [6, 6.07) is 4.32. The van der Waals surface area contributed by atoms with Crippen molar-refractivity contribution in [3.05, 3.63) is 35.4 Å². The summed E-state index contributed by atoms with van der Waals surface area (Å²) in [6.07, 6.45) is 2.13. The lowest BCUT2D eigenvalue weighted by Crippen LogP contribution is -2.50. The van der Waals surface area contributed by atoms with Gasteiger partial charge in [0.2, 0.25) is 0 Å². The third-order valence-corrected chi connectivity index (χ3v) is 4.48. The molecule has 106 valence electrons. The summed E-state index contributed by atoms with van der Waals surface area (Å²) in [5.41, 5.74) is 1.04. The molecular formula is C15H22F2N2. The van der Waals surface area contributed by atoms with E-state index < -0.39 is 11.6 Å². The molecule has 1 atom stereocenters. The zero-order valence-electron chi connectivity index (χ0n) is 11.8. The van der Waals surface area contributed by atoms with Gasteiger partial charge in [0.25, 0.3) is 0 Å². The molecular weight excluding hydrogens is 246 g/mol. The van der Waals surface area contributed by atoms with Gasteiger partial charge in [0.15, 0.2) is 11.6 Å². The van der Waals surface area contributed by atoms with Gasteiger partial charge in [0.1, 0.15) is 0 Å². The van der Waals surface area contributed by atoms with Crippen molar-refractivity contribution in [1.29, 1.82) is 0 Å². The second kappa shape index (κ2) is 5.55. The molecule has 0 aliphatic carbocycles. The molecule has 1 heterocycles. The highest BCUT2D eigenvalue weighted by Gasteiger charge is 2.30. The molecule has 4 heteroatoms. The molecule has 1 aliphatic heterocycles. The maximum absolute atomic E-state index is 13.3. The predicted molar refractivity (Wildman–Crippen MR) is 73.0 cm³/mol. The van der Waals surface area contributed by atoms with Crippen molar-refractivity contribution in [3.8, 4) is 0 Å². The van der Waals surface area contributed by atoms with E-state index in [1.807, 2.05) is 7.05 Å². The van der Waals surface area contributed by atoms with Crippen LogP contribution >= 0.6 is 0 Å². The minimum atomic E-state index is -0.780. The van der Waals surface area contributed by atoms with Crippen LogP contribution in [0.3, 0.4) is 0 Å². The van der Waals surface area contributed by atoms with Crippen LogP contribution in [0.2, 0.25) is 0 Å². The standard InChI is InChI=1S/C15H22F2N2/c1-11(12-4-5-13(16)14(17)10-12)19-8-6-15(2,18-3)7-9-19/h4-5,10-11,18H,6-9H2,1-3H3. The van der Waals surface area contributed by atoms with E-state index in [0.717, 1.165) is 31.5 Å². The van der Waals surface area contributed by atoms with Gasteiger partial charge in [-0.05, 0) is 51.4 Å². The smallest absolute Gasteiger partial charge is 0.159 e. The molecule has 0 radical (unpaired) electrons. The number of nitrogens with zero attached hydrogens (tertiary/aromatic N) is 1. The van der Waals surface area contributed by atoms with E-state index in [0.29, 0.717) is 0 Å². The van der Waals surface area contributed by atoms with E-state index >= 15 is 0 Å². The lowest BCUT2D eigenvalue weighted by Gasteiger charge is -2.42. The van der Waals surface area contributed by atoms with Crippen molar-refractivity contribution < 1.29 is 8.78 Å². The Morgan fingerprint density at radius 2 is 1.84 bits per heavy atom. The second-order valence-electron chi connectivity index (χ2n) is 5.70. The van der Waals surface area contributed by atoms with E-state index in [9.17, 15) is 8.78 Å². The molecule has 1 N–H and O–H groups in total.